The summed E-state index contributed by atoms with van der Waals surface area (Å²) in [7, 11) is 1.95. The van der Waals surface area contributed by atoms with E-state index in [1.807, 2.05) is 36.0 Å². The van der Waals surface area contributed by atoms with E-state index in [4.69, 9.17) is 0 Å². The number of rotatable bonds is 3. The van der Waals surface area contributed by atoms with Gasteiger partial charge in [-0.1, -0.05) is 0 Å². The summed E-state index contributed by atoms with van der Waals surface area (Å²) in [5.74, 6) is 0. The van der Waals surface area contributed by atoms with E-state index in [2.05, 4.69) is 21.2 Å². The second-order valence-corrected chi connectivity index (χ2v) is 4.83. The second kappa shape index (κ2) is 4.05. The number of hydrogen-bond donors (Lipinski definition) is 1. The van der Waals surface area contributed by atoms with Crippen LogP contribution in [0.5, 0.6) is 0 Å². The normalized spacial score (nSPS) is 12.0. The van der Waals surface area contributed by atoms with Crippen LogP contribution in [0.2, 0.25) is 0 Å². The van der Waals surface area contributed by atoms with Crippen molar-refractivity contribution in [3.8, 4) is 0 Å². The summed E-state index contributed by atoms with van der Waals surface area (Å²) in [5.41, 5.74) is 1.77. The van der Waals surface area contributed by atoms with Crippen molar-refractivity contribution in [1.82, 2.24) is 4.57 Å². The summed E-state index contributed by atoms with van der Waals surface area (Å²) in [6.07, 6.45) is 1.94. The topological polar surface area (TPSA) is 17.0 Å². The molecule has 0 saturated carbocycles. The average Bonchev–Trinajstić information content (AvgIpc) is 2.56. The molecule has 0 fully saturated rings. The minimum atomic E-state index is -2.88. The lowest BCUT2D eigenvalue weighted by atomic mass is 10.2. The minimum absolute atomic E-state index is 0.425. The maximum absolute atomic E-state index is 12.6. The van der Waals surface area contributed by atoms with Crippen molar-refractivity contribution in [2.45, 2.75) is 4.83 Å². The molecule has 0 radical (unpaired) electrons. The maximum Gasteiger partial charge on any atom is 0.318 e. The first kappa shape index (κ1) is 11.4. The zero-order chi connectivity index (χ0) is 11.8. The van der Waals surface area contributed by atoms with E-state index in [1.165, 1.54) is 0 Å². The fourth-order valence-electron chi connectivity index (χ4n) is 1.59. The largest absolute Gasteiger partial charge is 0.378 e. The lowest BCUT2D eigenvalue weighted by molar-refractivity contribution is 0.130. The summed E-state index contributed by atoms with van der Waals surface area (Å²) in [6.45, 7) is -0.425. The summed E-state index contributed by atoms with van der Waals surface area (Å²) in [5, 5.41) is 3.71. The number of nitrogens with zero attached hydrogens (tertiary/aromatic N) is 1. The highest BCUT2D eigenvalue weighted by Crippen LogP contribution is 2.24. The van der Waals surface area contributed by atoms with Crippen molar-refractivity contribution in [2.24, 2.45) is 7.05 Å². The monoisotopic (exact) mass is 288 g/mol. The van der Waals surface area contributed by atoms with Crippen LogP contribution in [0.15, 0.2) is 30.5 Å². The lowest BCUT2D eigenvalue weighted by Crippen LogP contribution is -2.19. The van der Waals surface area contributed by atoms with Gasteiger partial charge in [-0.05, 0) is 40.2 Å². The summed E-state index contributed by atoms with van der Waals surface area (Å²) >= 11 is 2.29. The van der Waals surface area contributed by atoms with Gasteiger partial charge in [0.15, 0.2) is 0 Å². The first-order chi connectivity index (χ1) is 7.46. The van der Waals surface area contributed by atoms with Crippen LogP contribution < -0.4 is 5.32 Å². The van der Waals surface area contributed by atoms with Crippen LogP contribution in [0.4, 0.5) is 14.5 Å². The van der Waals surface area contributed by atoms with Gasteiger partial charge < -0.3 is 9.88 Å². The van der Waals surface area contributed by atoms with Crippen LogP contribution in [0.3, 0.4) is 0 Å². The number of hydrogen-bond acceptors (Lipinski definition) is 1. The Morgan fingerprint density at radius 1 is 1.38 bits per heavy atom. The molecule has 1 heterocycles. The standard InChI is InChI=1S/C11H11BrF2N2/c1-16-5-4-8-6-9(2-3-10(8)16)15-7-11(12,13)14/h2-6,15H,7H2,1H3. The Labute approximate surface area is 100 Å². The molecule has 86 valence electrons. The predicted octanol–water partition coefficient (Wildman–Crippen LogP) is 3.58. The molecule has 0 spiro atoms. The Morgan fingerprint density at radius 2 is 2.12 bits per heavy atom. The number of benzene rings is 1. The van der Waals surface area contributed by atoms with Crippen LogP contribution in [-0.2, 0) is 7.05 Å². The number of aromatic nitrogens is 1. The van der Waals surface area contributed by atoms with E-state index in [1.54, 1.807) is 6.07 Å². The molecule has 0 saturated heterocycles. The smallest absolute Gasteiger partial charge is 0.318 e. The van der Waals surface area contributed by atoms with Gasteiger partial charge in [0.1, 0.15) is 0 Å². The Kier molecular flexibility index (Phi) is 2.88. The van der Waals surface area contributed by atoms with Crippen LogP contribution in [0.25, 0.3) is 10.9 Å². The van der Waals surface area contributed by atoms with E-state index in [0.29, 0.717) is 5.69 Å². The third kappa shape index (κ3) is 2.52. The van der Waals surface area contributed by atoms with Gasteiger partial charge in [-0.3, -0.25) is 0 Å². The number of alkyl halides is 3. The van der Waals surface area contributed by atoms with Crippen molar-refractivity contribution < 1.29 is 8.78 Å². The van der Waals surface area contributed by atoms with Gasteiger partial charge in [-0.25, -0.2) is 0 Å². The Balaban J connectivity index is 2.20. The van der Waals surface area contributed by atoms with Crippen molar-refractivity contribution in [2.75, 3.05) is 11.9 Å². The number of anilines is 1. The summed E-state index contributed by atoms with van der Waals surface area (Å²) < 4.78 is 27.1. The molecule has 2 nitrogen and oxygen atoms in total. The molecule has 1 aromatic heterocycles. The molecule has 0 amide bonds. The minimum Gasteiger partial charge on any atom is -0.378 e. The molecule has 1 N–H and O–H groups in total. The van der Waals surface area contributed by atoms with Crippen LogP contribution in [-0.4, -0.2) is 15.9 Å². The number of nitrogens with one attached hydrogen (secondary N) is 1. The molecule has 1 aromatic carbocycles. The molecule has 16 heavy (non-hydrogen) atoms. The Bertz CT molecular complexity index is 502. The Hall–Kier alpha value is -1.10. The molecule has 5 heteroatoms. The van der Waals surface area contributed by atoms with Crippen molar-refractivity contribution >= 4 is 32.5 Å². The molecule has 0 atom stereocenters. The SMILES string of the molecule is Cn1ccc2cc(NCC(F)(F)Br)ccc21. The molecule has 0 aliphatic heterocycles. The van der Waals surface area contributed by atoms with Gasteiger partial charge in [0.2, 0.25) is 0 Å². The third-order valence-electron chi connectivity index (χ3n) is 2.38. The zero-order valence-corrected chi connectivity index (χ0v) is 10.3. The fourth-order valence-corrected chi connectivity index (χ4v) is 1.73. The average molecular weight is 289 g/mol. The van der Waals surface area contributed by atoms with E-state index in [9.17, 15) is 8.78 Å². The van der Waals surface area contributed by atoms with Crippen LogP contribution in [0.1, 0.15) is 0 Å². The number of aryl methyl sites for hydroxylation is 1. The first-order valence-corrected chi connectivity index (χ1v) is 5.61. The van der Waals surface area contributed by atoms with E-state index >= 15 is 0 Å². The highest BCUT2D eigenvalue weighted by molar-refractivity contribution is 9.10. The van der Waals surface area contributed by atoms with Crippen molar-refractivity contribution in [1.29, 1.82) is 0 Å². The summed E-state index contributed by atoms with van der Waals surface area (Å²) in [4.78, 5) is -2.88. The highest BCUT2D eigenvalue weighted by atomic mass is 79.9. The Morgan fingerprint density at radius 3 is 2.81 bits per heavy atom. The quantitative estimate of drug-likeness (QED) is 0.855. The van der Waals surface area contributed by atoms with Crippen molar-refractivity contribution in [3.05, 3.63) is 30.5 Å². The van der Waals surface area contributed by atoms with Gasteiger partial charge in [0.25, 0.3) is 0 Å². The van der Waals surface area contributed by atoms with E-state index < -0.39 is 11.4 Å². The molecule has 2 aromatic rings. The molecular weight excluding hydrogens is 278 g/mol. The van der Waals surface area contributed by atoms with Gasteiger partial charge in [-0.15, -0.1) is 0 Å². The molecular formula is C11H11BrF2N2. The van der Waals surface area contributed by atoms with E-state index in [0.717, 1.165) is 10.9 Å². The fraction of sp³-hybridized carbons (Fsp3) is 0.273. The molecule has 0 aliphatic rings. The molecule has 0 unspecified atom stereocenters. The van der Waals surface area contributed by atoms with Gasteiger partial charge in [-0.2, -0.15) is 8.78 Å². The van der Waals surface area contributed by atoms with Crippen LogP contribution >= 0.6 is 15.9 Å². The molecule has 2 rings (SSSR count). The number of fused-ring (bicyclic) bond motifs is 1. The van der Waals surface area contributed by atoms with Gasteiger partial charge in [0, 0.05) is 29.8 Å². The van der Waals surface area contributed by atoms with E-state index in [-0.39, 0.29) is 0 Å². The van der Waals surface area contributed by atoms with Gasteiger partial charge >= 0.3 is 4.83 Å². The predicted molar refractivity (Wildman–Crippen MR) is 65.3 cm³/mol. The molecule has 0 bridgehead atoms. The lowest BCUT2D eigenvalue weighted by Gasteiger charge is -2.11. The first-order valence-electron chi connectivity index (χ1n) is 4.81. The van der Waals surface area contributed by atoms with Crippen molar-refractivity contribution in [3.63, 3.8) is 0 Å². The van der Waals surface area contributed by atoms with Crippen LogP contribution in [0, 0.1) is 0 Å². The maximum atomic E-state index is 12.6. The second-order valence-electron chi connectivity index (χ2n) is 3.67. The highest BCUT2D eigenvalue weighted by Gasteiger charge is 2.22. The zero-order valence-electron chi connectivity index (χ0n) is 8.67. The summed E-state index contributed by atoms with van der Waals surface area (Å²) in [6, 6.07) is 7.51. The molecule has 0 aliphatic carbocycles. The van der Waals surface area contributed by atoms with Gasteiger partial charge in [0.05, 0.1) is 6.54 Å². The third-order valence-corrected chi connectivity index (χ3v) is 2.66. The number of halogens is 3.